The molecule has 0 bridgehead atoms. The van der Waals surface area contributed by atoms with Gasteiger partial charge in [-0.1, -0.05) is 28.1 Å². The molecule has 0 aliphatic rings. The lowest BCUT2D eigenvalue weighted by atomic mass is 9.98. The normalized spacial score (nSPS) is 12.4. The molecule has 2 rings (SSSR count). The van der Waals surface area contributed by atoms with E-state index in [1.807, 2.05) is 17.4 Å². The van der Waals surface area contributed by atoms with E-state index in [9.17, 15) is 0 Å². The third-order valence-corrected chi connectivity index (χ3v) is 5.42. The second kappa shape index (κ2) is 7.23. The van der Waals surface area contributed by atoms with Gasteiger partial charge in [0.25, 0.3) is 0 Å². The van der Waals surface area contributed by atoms with Crippen LogP contribution in [-0.2, 0) is 12.8 Å². The fraction of sp³-hybridized carbons (Fsp3) is 0.438. The first-order valence-electron chi connectivity index (χ1n) is 6.74. The summed E-state index contributed by atoms with van der Waals surface area (Å²) in [4.78, 5) is 5.97. The lowest BCUT2D eigenvalue weighted by Gasteiger charge is -2.13. The standard InChI is InChI=1S/C16H20BrNOS/c1-11-12(2)20-16(18-11)9-14(10-17)7-13-5-4-6-15(8-13)19-3/h4-6,8,14H,7,9-10H2,1-3H3. The SMILES string of the molecule is COc1cccc(CC(CBr)Cc2nc(C)c(C)s2)c1. The summed E-state index contributed by atoms with van der Waals surface area (Å²) >= 11 is 5.46. The summed E-state index contributed by atoms with van der Waals surface area (Å²) in [6, 6.07) is 8.32. The summed E-state index contributed by atoms with van der Waals surface area (Å²) in [7, 11) is 1.71. The number of thiazole rings is 1. The number of halogens is 1. The molecule has 0 aliphatic carbocycles. The predicted molar refractivity (Wildman–Crippen MR) is 89.3 cm³/mol. The van der Waals surface area contributed by atoms with Gasteiger partial charge in [0.2, 0.25) is 0 Å². The number of ether oxygens (including phenoxy) is 1. The molecule has 0 saturated heterocycles. The number of rotatable bonds is 6. The van der Waals surface area contributed by atoms with Crippen molar-refractivity contribution >= 4 is 27.3 Å². The van der Waals surface area contributed by atoms with E-state index in [-0.39, 0.29) is 0 Å². The highest BCUT2D eigenvalue weighted by Gasteiger charge is 2.13. The number of hydrogen-bond donors (Lipinski definition) is 0. The molecule has 1 heterocycles. The molecule has 1 atom stereocenters. The molecular formula is C16H20BrNOS. The molecule has 0 spiro atoms. The van der Waals surface area contributed by atoms with Crippen LogP contribution in [0.3, 0.4) is 0 Å². The van der Waals surface area contributed by atoms with Crippen LogP contribution < -0.4 is 4.74 Å². The van der Waals surface area contributed by atoms with Gasteiger partial charge < -0.3 is 4.74 Å². The van der Waals surface area contributed by atoms with Gasteiger partial charge in [0, 0.05) is 16.6 Å². The van der Waals surface area contributed by atoms with E-state index in [1.165, 1.54) is 21.1 Å². The zero-order chi connectivity index (χ0) is 14.5. The highest BCUT2D eigenvalue weighted by Crippen LogP contribution is 2.23. The molecule has 0 radical (unpaired) electrons. The van der Waals surface area contributed by atoms with E-state index in [2.05, 4.69) is 53.0 Å². The molecule has 2 nitrogen and oxygen atoms in total. The van der Waals surface area contributed by atoms with Crippen LogP contribution in [0.15, 0.2) is 24.3 Å². The van der Waals surface area contributed by atoms with Crippen molar-refractivity contribution < 1.29 is 4.74 Å². The number of nitrogens with zero attached hydrogens (tertiary/aromatic N) is 1. The van der Waals surface area contributed by atoms with Gasteiger partial charge in [0.1, 0.15) is 5.75 Å². The number of aromatic nitrogens is 1. The minimum atomic E-state index is 0.562. The van der Waals surface area contributed by atoms with Crippen molar-refractivity contribution in [2.45, 2.75) is 26.7 Å². The molecule has 1 aromatic carbocycles. The zero-order valence-electron chi connectivity index (χ0n) is 12.1. The Labute approximate surface area is 133 Å². The molecule has 1 aromatic heterocycles. The van der Waals surface area contributed by atoms with Crippen LogP contribution in [-0.4, -0.2) is 17.4 Å². The second-order valence-electron chi connectivity index (χ2n) is 5.03. The molecule has 20 heavy (non-hydrogen) atoms. The minimum absolute atomic E-state index is 0.562. The molecular weight excluding hydrogens is 334 g/mol. The number of methoxy groups -OCH3 is 1. The fourth-order valence-electron chi connectivity index (χ4n) is 2.19. The van der Waals surface area contributed by atoms with E-state index in [1.54, 1.807) is 7.11 Å². The summed E-state index contributed by atoms with van der Waals surface area (Å²) in [5, 5.41) is 2.23. The molecule has 2 aromatic rings. The monoisotopic (exact) mass is 353 g/mol. The Kier molecular flexibility index (Phi) is 5.61. The molecule has 108 valence electrons. The smallest absolute Gasteiger partial charge is 0.119 e. The molecule has 0 amide bonds. The minimum Gasteiger partial charge on any atom is -0.497 e. The Morgan fingerprint density at radius 3 is 2.70 bits per heavy atom. The maximum atomic E-state index is 5.29. The summed E-state index contributed by atoms with van der Waals surface area (Å²) in [6.45, 7) is 4.22. The van der Waals surface area contributed by atoms with Gasteiger partial charge in [-0.25, -0.2) is 4.98 Å². The predicted octanol–water partition coefficient (Wildman–Crippen LogP) is 4.56. The van der Waals surface area contributed by atoms with Gasteiger partial charge in [0.05, 0.1) is 17.8 Å². The Balaban J connectivity index is 2.04. The number of hydrogen-bond acceptors (Lipinski definition) is 3. The Bertz CT molecular complexity index is 548. The lowest BCUT2D eigenvalue weighted by molar-refractivity contribution is 0.414. The van der Waals surface area contributed by atoms with Gasteiger partial charge >= 0.3 is 0 Å². The summed E-state index contributed by atoms with van der Waals surface area (Å²) in [5.41, 5.74) is 2.48. The van der Waals surface area contributed by atoms with Crippen molar-refractivity contribution in [3.8, 4) is 5.75 Å². The summed E-state index contributed by atoms with van der Waals surface area (Å²) < 4.78 is 5.29. The topological polar surface area (TPSA) is 22.1 Å². The van der Waals surface area contributed by atoms with E-state index in [0.29, 0.717) is 5.92 Å². The fourth-order valence-corrected chi connectivity index (χ4v) is 3.69. The maximum absolute atomic E-state index is 5.29. The number of aryl methyl sites for hydroxylation is 2. The van der Waals surface area contributed by atoms with Gasteiger partial charge in [-0.05, 0) is 43.9 Å². The zero-order valence-corrected chi connectivity index (χ0v) is 14.6. The second-order valence-corrected chi connectivity index (χ2v) is 6.96. The van der Waals surface area contributed by atoms with Gasteiger partial charge in [-0.2, -0.15) is 0 Å². The third-order valence-electron chi connectivity index (χ3n) is 3.41. The van der Waals surface area contributed by atoms with E-state index in [4.69, 9.17) is 4.74 Å². The van der Waals surface area contributed by atoms with Crippen molar-refractivity contribution in [1.82, 2.24) is 4.98 Å². The Morgan fingerprint density at radius 1 is 1.30 bits per heavy atom. The molecule has 0 N–H and O–H groups in total. The Morgan fingerprint density at radius 2 is 2.10 bits per heavy atom. The first-order chi connectivity index (χ1) is 9.62. The highest BCUT2D eigenvalue weighted by molar-refractivity contribution is 9.09. The summed E-state index contributed by atoms with van der Waals surface area (Å²) in [5.74, 6) is 1.49. The molecule has 0 fully saturated rings. The molecule has 4 heteroatoms. The largest absolute Gasteiger partial charge is 0.497 e. The van der Waals surface area contributed by atoms with Crippen molar-refractivity contribution in [3.63, 3.8) is 0 Å². The van der Waals surface area contributed by atoms with E-state index in [0.717, 1.165) is 23.9 Å². The third kappa shape index (κ3) is 4.06. The lowest BCUT2D eigenvalue weighted by Crippen LogP contribution is -2.10. The van der Waals surface area contributed by atoms with Gasteiger partial charge in [-0.15, -0.1) is 11.3 Å². The Hall–Kier alpha value is -0.870. The maximum Gasteiger partial charge on any atom is 0.119 e. The number of alkyl halides is 1. The van der Waals surface area contributed by atoms with Crippen molar-refractivity contribution in [2.24, 2.45) is 5.92 Å². The average Bonchev–Trinajstić information content (AvgIpc) is 2.76. The highest BCUT2D eigenvalue weighted by atomic mass is 79.9. The van der Waals surface area contributed by atoms with Crippen molar-refractivity contribution in [1.29, 1.82) is 0 Å². The van der Waals surface area contributed by atoms with Crippen LogP contribution in [0, 0.1) is 19.8 Å². The van der Waals surface area contributed by atoms with Crippen molar-refractivity contribution in [3.05, 3.63) is 45.4 Å². The molecule has 1 unspecified atom stereocenters. The van der Waals surface area contributed by atoms with Crippen LogP contribution in [0.25, 0.3) is 0 Å². The summed E-state index contributed by atoms with van der Waals surface area (Å²) in [6.07, 6.45) is 2.07. The van der Waals surface area contributed by atoms with E-state index < -0.39 is 0 Å². The average molecular weight is 354 g/mol. The molecule has 0 aliphatic heterocycles. The first kappa shape index (κ1) is 15.5. The van der Waals surface area contributed by atoms with E-state index >= 15 is 0 Å². The first-order valence-corrected chi connectivity index (χ1v) is 8.68. The van der Waals surface area contributed by atoms with Gasteiger partial charge in [0.15, 0.2) is 0 Å². The van der Waals surface area contributed by atoms with Gasteiger partial charge in [-0.3, -0.25) is 0 Å². The van der Waals surface area contributed by atoms with Crippen LogP contribution >= 0.6 is 27.3 Å². The van der Waals surface area contributed by atoms with Crippen LogP contribution in [0.2, 0.25) is 0 Å². The molecule has 0 saturated carbocycles. The van der Waals surface area contributed by atoms with Crippen LogP contribution in [0.4, 0.5) is 0 Å². The van der Waals surface area contributed by atoms with Crippen LogP contribution in [0.1, 0.15) is 21.1 Å². The number of benzene rings is 1. The van der Waals surface area contributed by atoms with Crippen molar-refractivity contribution in [2.75, 3.05) is 12.4 Å². The quantitative estimate of drug-likeness (QED) is 0.709. The van der Waals surface area contributed by atoms with Crippen LogP contribution in [0.5, 0.6) is 5.75 Å².